The first kappa shape index (κ1) is 11.0. The predicted octanol–water partition coefficient (Wildman–Crippen LogP) is 2.24. The average molecular weight is 167 g/mol. The molecule has 0 aliphatic carbocycles. The lowest BCUT2D eigenvalue weighted by molar-refractivity contribution is -0.127. The second-order valence-electron chi connectivity index (χ2n) is 3.79. The lowest BCUT2D eigenvalue weighted by atomic mass is 9.95. The molecule has 0 aromatic heterocycles. The Morgan fingerprint density at radius 1 is 1.42 bits per heavy atom. The molecule has 0 radical (unpaired) electrons. The van der Waals surface area contributed by atoms with Gasteiger partial charge in [-0.1, -0.05) is 33.4 Å². The van der Waals surface area contributed by atoms with Gasteiger partial charge >= 0.3 is 0 Å². The molecular formula is C10H17NO. The van der Waals surface area contributed by atoms with Crippen LogP contribution in [0.4, 0.5) is 0 Å². The van der Waals surface area contributed by atoms with Crippen molar-refractivity contribution in [3.05, 3.63) is 24.4 Å². The normalized spacial score (nSPS) is 12.5. The molecule has 0 fully saturated rings. The van der Waals surface area contributed by atoms with E-state index in [1.807, 2.05) is 27.7 Å². The Morgan fingerprint density at radius 3 is 2.25 bits per heavy atom. The standard InChI is InChI=1S/C10H17NO/c1-6-7-8(2)11-9(12)10(3,4)5/h6-7H,1H2,2-5H3,(H,11,12)/b8-7+. The Hall–Kier alpha value is -1.05. The Labute approximate surface area is 74.4 Å². The van der Waals surface area contributed by atoms with Crippen LogP contribution in [0.3, 0.4) is 0 Å². The van der Waals surface area contributed by atoms with Gasteiger partial charge in [0.25, 0.3) is 0 Å². The smallest absolute Gasteiger partial charge is 0.229 e. The van der Waals surface area contributed by atoms with E-state index >= 15 is 0 Å². The van der Waals surface area contributed by atoms with Gasteiger partial charge in [-0.3, -0.25) is 4.79 Å². The molecule has 1 amide bonds. The van der Waals surface area contributed by atoms with Crippen LogP contribution in [0.5, 0.6) is 0 Å². The summed E-state index contributed by atoms with van der Waals surface area (Å²) < 4.78 is 0. The average Bonchev–Trinajstić information content (AvgIpc) is 1.85. The molecule has 0 aromatic rings. The van der Waals surface area contributed by atoms with Gasteiger partial charge < -0.3 is 5.32 Å². The molecule has 2 nitrogen and oxygen atoms in total. The first-order valence-electron chi connectivity index (χ1n) is 3.98. The van der Waals surface area contributed by atoms with Crippen LogP contribution in [-0.2, 0) is 4.79 Å². The van der Waals surface area contributed by atoms with Gasteiger partial charge in [0.05, 0.1) is 0 Å². The SMILES string of the molecule is C=C/C=C(\C)NC(=O)C(C)(C)C. The first-order valence-corrected chi connectivity index (χ1v) is 3.98. The molecule has 0 saturated carbocycles. The maximum absolute atomic E-state index is 11.4. The summed E-state index contributed by atoms with van der Waals surface area (Å²) in [6.45, 7) is 11.0. The Bertz CT molecular complexity index is 208. The minimum absolute atomic E-state index is 0.0260. The van der Waals surface area contributed by atoms with Crippen molar-refractivity contribution in [3.63, 3.8) is 0 Å². The van der Waals surface area contributed by atoms with Crippen LogP contribution in [0, 0.1) is 5.41 Å². The number of allylic oxidation sites excluding steroid dienone is 3. The molecule has 0 unspecified atom stereocenters. The van der Waals surface area contributed by atoms with Gasteiger partial charge in [0, 0.05) is 11.1 Å². The molecule has 12 heavy (non-hydrogen) atoms. The summed E-state index contributed by atoms with van der Waals surface area (Å²) >= 11 is 0. The van der Waals surface area contributed by atoms with Gasteiger partial charge in [-0.25, -0.2) is 0 Å². The highest BCUT2D eigenvalue weighted by Crippen LogP contribution is 2.13. The van der Waals surface area contributed by atoms with Crippen LogP contribution in [-0.4, -0.2) is 5.91 Å². The summed E-state index contributed by atoms with van der Waals surface area (Å²) in [6.07, 6.45) is 3.42. The summed E-state index contributed by atoms with van der Waals surface area (Å²) in [6, 6.07) is 0. The van der Waals surface area contributed by atoms with Crippen molar-refractivity contribution in [1.29, 1.82) is 0 Å². The van der Waals surface area contributed by atoms with Crippen molar-refractivity contribution in [2.45, 2.75) is 27.7 Å². The van der Waals surface area contributed by atoms with Crippen molar-refractivity contribution < 1.29 is 4.79 Å². The second-order valence-corrected chi connectivity index (χ2v) is 3.79. The number of carbonyl (C=O) groups is 1. The van der Waals surface area contributed by atoms with Gasteiger partial charge in [0.2, 0.25) is 5.91 Å². The number of carbonyl (C=O) groups excluding carboxylic acids is 1. The minimum atomic E-state index is -0.337. The van der Waals surface area contributed by atoms with Crippen molar-refractivity contribution in [1.82, 2.24) is 5.32 Å². The Morgan fingerprint density at radius 2 is 1.92 bits per heavy atom. The van der Waals surface area contributed by atoms with Gasteiger partial charge in [-0.05, 0) is 13.0 Å². The highest BCUT2D eigenvalue weighted by molar-refractivity contribution is 5.82. The van der Waals surface area contributed by atoms with Gasteiger partial charge in [-0.2, -0.15) is 0 Å². The zero-order chi connectivity index (χ0) is 9.78. The van der Waals surface area contributed by atoms with Crippen molar-refractivity contribution in [2.24, 2.45) is 5.41 Å². The Balaban J connectivity index is 4.20. The molecule has 0 heterocycles. The van der Waals surface area contributed by atoms with E-state index in [0.29, 0.717) is 0 Å². The van der Waals surface area contributed by atoms with Crippen LogP contribution < -0.4 is 5.32 Å². The topological polar surface area (TPSA) is 29.1 Å². The molecule has 0 aliphatic heterocycles. The number of nitrogens with one attached hydrogen (secondary N) is 1. The van der Waals surface area contributed by atoms with E-state index in [9.17, 15) is 4.79 Å². The van der Waals surface area contributed by atoms with Crippen molar-refractivity contribution >= 4 is 5.91 Å². The maximum Gasteiger partial charge on any atom is 0.229 e. The number of hydrogen-bond acceptors (Lipinski definition) is 1. The summed E-state index contributed by atoms with van der Waals surface area (Å²) in [5.74, 6) is 0.0260. The fourth-order valence-corrected chi connectivity index (χ4v) is 0.585. The van der Waals surface area contributed by atoms with Crippen molar-refractivity contribution in [2.75, 3.05) is 0 Å². The van der Waals surface area contributed by atoms with Crippen LogP contribution in [0.15, 0.2) is 24.4 Å². The molecule has 1 N–H and O–H groups in total. The maximum atomic E-state index is 11.4. The van der Waals surface area contributed by atoms with Crippen molar-refractivity contribution in [3.8, 4) is 0 Å². The number of amides is 1. The third kappa shape index (κ3) is 3.96. The third-order valence-electron chi connectivity index (χ3n) is 1.36. The fraction of sp³-hybridized carbons (Fsp3) is 0.500. The predicted molar refractivity (Wildman–Crippen MR) is 51.6 cm³/mol. The molecule has 0 spiro atoms. The molecule has 0 aromatic carbocycles. The van der Waals surface area contributed by atoms with Crippen LogP contribution >= 0.6 is 0 Å². The van der Waals surface area contributed by atoms with Gasteiger partial charge in [-0.15, -0.1) is 0 Å². The number of hydrogen-bond donors (Lipinski definition) is 1. The minimum Gasteiger partial charge on any atom is -0.330 e. The zero-order valence-corrected chi connectivity index (χ0v) is 8.27. The summed E-state index contributed by atoms with van der Waals surface area (Å²) in [4.78, 5) is 11.4. The van der Waals surface area contributed by atoms with Crippen LogP contribution in [0.25, 0.3) is 0 Å². The summed E-state index contributed by atoms with van der Waals surface area (Å²) in [5, 5.41) is 2.77. The fourth-order valence-electron chi connectivity index (χ4n) is 0.585. The van der Waals surface area contributed by atoms with E-state index in [4.69, 9.17) is 0 Å². The van der Waals surface area contributed by atoms with Gasteiger partial charge in [0.1, 0.15) is 0 Å². The molecule has 0 saturated heterocycles. The summed E-state index contributed by atoms with van der Waals surface area (Å²) in [7, 11) is 0. The lowest BCUT2D eigenvalue weighted by Crippen LogP contribution is -2.33. The number of rotatable bonds is 2. The lowest BCUT2D eigenvalue weighted by Gasteiger charge is -2.17. The molecule has 0 rings (SSSR count). The second kappa shape index (κ2) is 4.10. The molecular weight excluding hydrogens is 150 g/mol. The van der Waals surface area contributed by atoms with Crippen LogP contribution in [0.2, 0.25) is 0 Å². The molecule has 0 aliphatic rings. The largest absolute Gasteiger partial charge is 0.330 e. The van der Waals surface area contributed by atoms with E-state index in [2.05, 4.69) is 11.9 Å². The molecule has 0 bridgehead atoms. The summed E-state index contributed by atoms with van der Waals surface area (Å²) in [5.41, 5.74) is 0.487. The highest BCUT2D eigenvalue weighted by atomic mass is 16.2. The van der Waals surface area contributed by atoms with E-state index in [-0.39, 0.29) is 11.3 Å². The van der Waals surface area contributed by atoms with E-state index < -0.39 is 0 Å². The first-order chi connectivity index (χ1) is 5.38. The van der Waals surface area contributed by atoms with E-state index in [0.717, 1.165) is 5.70 Å². The Kier molecular flexibility index (Phi) is 3.74. The molecule has 2 heteroatoms. The van der Waals surface area contributed by atoms with E-state index in [1.54, 1.807) is 12.2 Å². The third-order valence-corrected chi connectivity index (χ3v) is 1.36. The molecule has 0 atom stereocenters. The molecule has 68 valence electrons. The zero-order valence-electron chi connectivity index (χ0n) is 8.27. The monoisotopic (exact) mass is 167 g/mol. The highest BCUT2D eigenvalue weighted by Gasteiger charge is 2.20. The van der Waals surface area contributed by atoms with Crippen LogP contribution in [0.1, 0.15) is 27.7 Å². The van der Waals surface area contributed by atoms with E-state index in [1.165, 1.54) is 0 Å². The quantitative estimate of drug-likeness (QED) is 0.628. The van der Waals surface area contributed by atoms with Gasteiger partial charge in [0.15, 0.2) is 0 Å².